The zero-order valence-corrected chi connectivity index (χ0v) is 11.1. The van der Waals surface area contributed by atoms with Gasteiger partial charge in [0.2, 0.25) is 0 Å². The average Bonchev–Trinajstić information content (AvgIpc) is 2.36. The van der Waals surface area contributed by atoms with E-state index >= 15 is 0 Å². The molecule has 1 aromatic carbocycles. The van der Waals surface area contributed by atoms with E-state index in [-0.39, 0.29) is 5.56 Å². The predicted molar refractivity (Wildman–Crippen MR) is 71.3 cm³/mol. The molecule has 0 saturated heterocycles. The average molecular weight is 265 g/mol. The lowest BCUT2D eigenvalue weighted by Crippen LogP contribution is -2.14. The number of hydrogen-bond acceptors (Lipinski definition) is 3. The molecule has 0 aliphatic heterocycles. The van der Waals surface area contributed by atoms with E-state index in [1.165, 1.54) is 0 Å². The van der Waals surface area contributed by atoms with E-state index in [0.717, 1.165) is 11.1 Å². The minimum atomic E-state index is -0.183. The van der Waals surface area contributed by atoms with Gasteiger partial charge in [0.05, 0.1) is 12.8 Å². The van der Waals surface area contributed by atoms with Crippen LogP contribution in [0.25, 0.3) is 11.3 Å². The van der Waals surface area contributed by atoms with E-state index in [9.17, 15) is 4.79 Å². The zero-order chi connectivity index (χ0) is 13.3. The summed E-state index contributed by atoms with van der Waals surface area (Å²) in [6.07, 6.45) is 0. The highest BCUT2D eigenvalue weighted by Gasteiger charge is 2.13. The van der Waals surface area contributed by atoms with E-state index in [4.69, 9.17) is 16.3 Å². The highest BCUT2D eigenvalue weighted by atomic mass is 35.5. The van der Waals surface area contributed by atoms with E-state index in [0.29, 0.717) is 22.0 Å². The number of nitrogens with zero attached hydrogens (tertiary/aromatic N) is 1. The van der Waals surface area contributed by atoms with Crippen LogP contribution in [-0.4, -0.2) is 17.3 Å². The van der Waals surface area contributed by atoms with Crippen molar-refractivity contribution in [3.63, 3.8) is 0 Å². The second kappa shape index (κ2) is 4.82. The van der Waals surface area contributed by atoms with E-state index < -0.39 is 0 Å². The zero-order valence-electron chi connectivity index (χ0n) is 10.4. The first kappa shape index (κ1) is 12.6. The van der Waals surface area contributed by atoms with Crippen molar-refractivity contribution in [2.24, 2.45) is 0 Å². The normalized spacial score (nSPS) is 10.4. The highest BCUT2D eigenvalue weighted by molar-refractivity contribution is 6.31. The van der Waals surface area contributed by atoms with Crippen LogP contribution in [0.5, 0.6) is 5.75 Å². The Morgan fingerprint density at radius 2 is 2.00 bits per heavy atom. The maximum Gasteiger partial charge on any atom is 0.267 e. The summed E-state index contributed by atoms with van der Waals surface area (Å²) < 4.78 is 5.29. The van der Waals surface area contributed by atoms with Gasteiger partial charge in [-0.2, -0.15) is 5.10 Å². The third-order valence-electron chi connectivity index (χ3n) is 2.94. The second-order valence-corrected chi connectivity index (χ2v) is 4.43. The van der Waals surface area contributed by atoms with Crippen molar-refractivity contribution >= 4 is 11.6 Å². The molecule has 0 fully saturated rings. The molecule has 0 aliphatic rings. The van der Waals surface area contributed by atoms with Gasteiger partial charge in [-0.1, -0.05) is 11.6 Å². The molecule has 2 aromatic rings. The summed E-state index contributed by atoms with van der Waals surface area (Å²) in [5.74, 6) is 0.668. The van der Waals surface area contributed by atoms with Gasteiger partial charge in [-0.05, 0) is 37.6 Å². The lowest BCUT2D eigenvalue weighted by atomic mass is 10.0. The van der Waals surface area contributed by atoms with Gasteiger partial charge in [0, 0.05) is 16.1 Å². The fraction of sp³-hybridized carbons (Fsp3) is 0.231. The summed E-state index contributed by atoms with van der Waals surface area (Å²) in [4.78, 5) is 11.5. The monoisotopic (exact) mass is 264 g/mol. The lowest BCUT2D eigenvalue weighted by Gasteiger charge is -2.11. The van der Waals surface area contributed by atoms with Crippen LogP contribution >= 0.6 is 11.6 Å². The fourth-order valence-electron chi connectivity index (χ4n) is 1.75. The highest BCUT2D eigenvalue weighted by Crippen LogP contribution is 2.32. The summed E-state index contributed by atoms with van der Waals surface area (Å²) in [5, 5.41) is 7.15. The summed E-state index contributed by atoms with van der Waals surface area (Å²) in [7, 11) is 1.58. The number of benzene rings is 1. The Hall–Kier alpha value is -1.81. The largest absolute Gasteiger partial charge is 0.496 e. The van der Waals surface area contributed by atoms with Crippen LogP contribution in [0, 0.1) is 13.8 Å². The Bertz CT molecular complexity index is 650. The van der Waals surface area contributed by atoms with Crippen LogP contribution in [0.4, 0.5) is 0 Å². The van der Waals surface area contributed by atoms with Gasteiger partial charge in [-0.3, -0.25) is 4.79 Å². The van der Waals surface area contributed by atoms with Gasteiger partial charge in [-0.15, -0.1) is 0 Å². The number of aromatic amines is 1. The molecule has 0 atom stereocenters. The molecule has 0 bridgehead atoms. The van der Waals surface area contributed by atoms with Gasteiger partial charge in [-0.25, -0.2) is 5.10 Å². The Kier molecular flexibility index (Phi) is 3.39. The van der Waals surface area contributed by atoms with E-state index in [1.54, 1.807) is 32.2 Å². The molecule has 0 spiro atoms. The van der Waals surface area contributed by atoms with Gasteiger partial charge >= 0.3 is 0 Å². The van der Waals surface area contributed by atoms with Crippen molar-refractivity contribution in [1.29, 1.82) is 0 Å². The van der Waals surface area contributed by atoms with Crippen molar-refractivity contribution in [1.82, 2.24) is 10.2 Å². The van der Waals surface area contributed by atoms with Gasteiger partial charge < -0.3 is 4.74 Å². The molecule has 18 heavy (non-hydrogen) atoms. The Morgan fingerprint density at radius 3 is 2.67 bits per heavy atom. The lowest BCUT2D eigenvalue weighted by molar-refractivity contribution is 0.416. The van der Waals surface area contributed by atoms with Crippen LogP contribution in [0.3, 0.4) is 0 Å². The first-order valence-electron chi connectivity index (χ1n) is 5.44. The van der Waals surface area contributed by atoms with Crippen molar-refractivity contribution in [3.8, 4) is 17.0 Å². The molecule has 4 nitrogen and oxygen atoms in total. The number of nitrogens with one attached hydrogen (secondary N) is 1. The van der Waals surface area contributed by atoms with E-state index in [2.05, 4.69) is 10.2 Å². The molecule has 0 saturated carbocycles. The van der Waals surface area contributed by atoms with Crippen LogP contribution in [-0.2, 0) is 0 Å². The van der Waals surface area contributed by atoms with Crippen molar-refractivity contribution in [2.45, 2.75) is 13.8 Å². The quantitative estimate of drug-likeness (QED) is 0.907. The molecule has 0 unspecified atom stereocenters. The van der Waals surface area contributed by atoms with Gasteiger partial charge in [0.25, 0.3) is 5.56 Å². The number of halogens is 1. The molecule has 0 amide bonds. The maximum absolute atomic E-state index is 11.5. The summed E-state index contributed by atoms with van der Waals surface area (Å²) >= 11 is 5.99. The SMILES string of the molecule is COc1ccc(Cl)cc1-c1n[nH]c(=O)c(C)c1C. The second-order valence-electron chi connectivity index (χ2n) is 4.00. The number of aromatic nitrogens is 2. The minimum absolute atomic E-state index is 0.183. The van der Waals surface area contributed by atoms with Crippen LogP contribution in [0.15, 0.2) is 23.0 Å². The molecule has 1 aromatic heterocycles. The van der Waals surface area contributed by atoms with Crippen molar-refractivity contribution < 1.29 is 4.74 Å². The van der Waals surface area contributed by atoms with Gasteiger partial charge in [0.15, 0.2) is 0 Å². The predicted octanol–water partition coefficient (Wildman–Crippen LogP) is 2.72. The number of rotatable bonds is 2. The first-order valence-corrected chi connectivity index (χ1v) is 5.82. The van der Waals surface area contributed by atoms with Gasteiger partial charge in [0.1, 0.15) is 5.75 Å². The molecule has 1 heterocycles. The standard InChI is InChI=1S/C13H13ClN2O2/c1-7-8(2)13(17)16-15-12(7)10-6-9(14)4-5-11(10)18-3/h4-6H,1-3H3,(H,16,17). The van der Waals surface area contributed by atoms with Crippen molar-refractivity contribution in [2.75, 3.05) is 7.11 Å². The molecule has 1 N–H and O–H groups in total. The number of methoxy groups -OCH3 is 1. The smallest absolute Gasteiger partial charge is 0.267 e. The molecule has 2 rings (SSSR count). The van der Waals surface area contributed by atoms with Crippen LogP contribution in [0.1, 0.15) is 11.1 Å². The Morgan fingerprint density at radius 1 is 1.28 bits per heavy atom. The number of H-pyrrole nitrogens is 1. The topological polar surface area (TPSA) is 55.0 Å². The number of ether oxygens (including phenoxy) is 1. The summed E-state index contributed by atoms with van der Waals surface area (Å²) in [5.41, 5.74) is 2.71. The molecular formula is C13H13ClN2O2. The third-order valence-corrected chi connectivity index (χ3v) is 3.18. The maximum atomic E-state index is 11.5. The molecular weight excluding hydrogens is 252 g/mol. The third kappa shape index (κ3) is 2.11. The van der Waals surface area contributed by atoms with Crippen LogP contribution in [0.2, 0.25) is 5.02 Å². The Balaban J connectivity index is 2.73. The molecule has 0 aliphatic carbocycles. The van der Waals surface area contributed by atoms with E-state index in [1.807, 2.05) is 6.92 Å². The summed E-state index contributed by atoms with van der Waals surface area (Å²) in [6, 6.07) is 5.30. The van der Waals surface area contributed by atoms with Crippen molar-refractivity contribution in [3.05, 3.63) is 44.7 Å². The summed E-state index contributed by atoms with van der Waals surface area (Å²) in [6.45, 7) is 3.61. The minimum Gasteiger partial charge on any atom is -0.496 e. The van der Waals surface area contributed by atoms with Crippen LogP contribution < -0.4 is 10.3 Å². The molecule has 94 valence electrons. The fourth-order valence-corrected chi connectivity index (χ4v) is 1.92. The molecule has 5 heteroatoms. The molecule has 0 radical (unpaired) electrons. The first-order chi connectivity index (χ1) is 8.54. The Labute approximate surface area is 110 Å². The number of hydrogen-bond donors (Lipinski definition) is 1.